The molecule has 0 spiro atoms. The van der Waals surface area contributed by atoms with Gasteiger partial charge in [-0.25, -0.2) is 0 Å². The molecule has 108 valence electrons. The van der Waals surface area contributed by atoms with Crippen LogP contribution in [0, 0.1) is 11.3 Å². The van der Waals surface area contributed by atoms with Gasteiger partial charge in [-0.3, -0.25) is 4.21 Å². The Labute approximate surface area is 115 Å². The molecule has 1 aliphatic carbocycles. The van der Waals surface area contributed by atoms with Crippen molar-refractivity contribution in [3.8, 4) is 0 Å². The van der Waals surface area contributed by atoms with Gasteiger partial charge in [0.2, 0.25) is 0 Å². The molecule has 0 aliphatic heterocycles. The summed E-state index contributed by atoms with van der Waals surface area (Å²) >= 11 is 0. The maximum atomic E-state index is 11.0. The van der Waals surface area contributed by atoms with Crippen molar-refractivity contribution in [2.75, 3.05) is 25.2 Å². The third-order valence-electron chi connectivity index (χ3n) is 3.81. The second-order valence-electron chi connectivity index (χ2n) is 6.41. The van der Waals surface area contributed by atoms with Gasteiger partial charge < -0.3 is 10.1 Å². The summed E-state index contributed by atoms with van der Waals surface area (Å²) in [7, 11) is -0.663. The van der Waals surface area contributed by atoms with Gasteiger partial charge in [0.25, 0.3) is 0 Å². The molecule has 1 rings (SSSR count). The van der Waals surface area contributed by atoms with Gasteiger partial charge in [0, 0.05) is 40.9 Å². The summed E-state index contributed by atoms with van der Waals surface area (Å²) < 4.78 is 16.9. The minimum Gasteiger partial charge on any atom is -0.377 e. The minimum atomic E-state index is -0.663. The van der Waals surface area contributed by atoms with E-state index in [1.165, 1.54) is 0 Å². The van der Waals surface area contributed by atoms with Crippen molar-refractivity contribution in [3.05, 3.63) is 0 Å². The van der Waals surface area contributed by atoms with E-state index in [0.29, 0.717) is 18.1 Å². The highest BCUT2D eigenvalue weighted by atomic mass is 32.2. The smallest absolute Gasteiger partial charge is 0.0656 e. The van der Waals surface area contributed by atoms with Gasteiger partial charge in [0.1, 0.15) is 0 Å². The second kappa shape index (κ2) is 7.01. The van der Waals surface area contributed by atoms with Crippen LogP contribution in [0.2, 0.25) is 0 Å². The highest BCUT2D eigenvalue weighted by Gasteiger charge is 2.48. The van der Waals surface area contributed by atoms with Gasteiger partial charge in [-0.1, -0.05) is 27.7 Å². The summed E-state index contributed by atoms with van der Waals surface area (Å²) in [5, 5.41) is 3.57. The van der Waals surface area contributed by atoms with Crippen LogP contribution < -0.4 is 5.32 Å². The molecular formula is C14H29NO2S. The van der Waals surface area contributed by atoms with E-state index in [0.717, 1.165) is 31.7 Å². The number of ether oxygens (including phenoxy) is 1. The van der Waals surface area contributed by atoms with Crippen LogP contribution in [-0.2, 0) is 15.5 Å². The van der Waals surface area contributed by atoms with E-state index < -0.39 is 10.8 Å². The molecule has 18 heavy (non-hydrogen) atoms. The minimum absolute atomic E-state index is 0.222. The first kappa shape index (κ1) is 16.1. The molecule has 0 aromatic carbocycles. The van der Waals surface area contributed by atoms with Crippen molar-refractivity contribution in [1.82, 2.24) is 5.32 Å². The molecule has 0 amide bonds. The summed E-state index contributed by atoms with van der Waals surface area (Å²) in [6.07, 6.45) is 4.25. The third kappa shape index (κ3) is 4.63. The Morgan fingerprint density at radius 2 is 2.11 bits per heavy atom. The summed E-state index contributed by atoms with van der Waals surface area (Å²) in [6.45, 7) is 10.7. The van der Waals surface area contributed by atoms with E-state index in [9.17, 15) is 4.21 Å². The molecule has 1 N–H and O–H groups in total. The first-order valence-electron chi connectivity index (χ1n) is 6.99. The topological polar surface area (TPSA) is 38.3 Å². The van der Waals surface area contributed by atoms with Crippen molar-refractivity contribution in [2.24, 2.45) is 11.3 Å². The van der Waals surface area contributed by atoms with Gasteiger partial charge in [-0.05, 0) is 25.3 Å². The summed E-state index contributed by atoms with van der Waals surface area (Å²) in [5.74, 6) is 1.40. The van der Waals surface area contributed by atoms with E-state index in [1.807, 2.05) is 0 Å². The van der Waals surface area contributed by atoms with E-state index >= 15 is 0 Å². The van der Waals surface area contributed by atoms with Crippen molar-refractivity contribution in [1.29, 1.82) is 0 Å². The molecule has 0 bridgehead atoms. The number of rotatable bonds is 8. The van der Waals surface area contributed by atoms with Crippen LogP contribution in [0.25, 0.3) is 0 Å². The molecule has 0 aromatic heterocycles. The second-order valence-corrected chi connectivity index (χ2v) is 7.97. The van der Waals surface area contributed by atoms with Crippen LogP contribution in [0.5, 0.6) is 0 Å². The average molecular weight is 275 g/mol. The molecule has 1 fully saturated rings. The van der Waals surface area contributed by atoms with Crippen LogP contribution in [0.4, 0.5) is 0 Å². The van der Waals surface area contributed by atoms with E-state index in [-0.39, 0.29) is 5.41 Å². The van der Waals surface area contributed by atoms with Gasteiger partial charge in [0.05, 0.1) is 6.10 Å². The lowest BCUT2D eigenvalue weighted by molar-refractivity contribution is -0.123. The van der Waals surface area contributed by atoms with E-state index in [2.05, 4.69) is 33.0 Å². The van der Waals surface area contributed by atoms with Gasteiger partial charge in [0.15, 0.2) is 0 Å². The molecule has 0 radical (unpaired) electrons. The lowest BCUT2D eigenvalue weighted by Crippen LogP contribution is -2.61. The lowest BCUT2D eigenvalue weighted by Gasteiger charge is -2.52. The fraction of sp³-hybridized carbons (Fsp3) is 1.00. The Morgan fingerprint density at radius 3 is 2.61 bits per heavy atom. The Balaban J connectivity index is 2.20. The van der Waals surface area contributed by atoms with Crippen LogP contribution in [-0.4, -0.2) is 41.5 Å². The lowest BCUT2D eigenvalue weighted by atomic mass is 9.64. The maximum absolute atomic E-state index is 11.0. The zero-order valence-electron chi connectivity index (χ0n) is 12.5. The predicted octanol–water partition coefficient (Wildman–Crippen LogP) is 2.18. The Hall–Kier alpha value is 0.0700. The Morgan fingerprint density at radius 1 is 1.44 bits per heavy atom. The molecule has 1 aliphatic rings. The van der Waals surface area contributed by atoms with Crippen LogP contribution >= 0.6 is 0 Å². The van der Waals surface area contributed by atoms with Crippen LogP contribution in [0.15, 0.2) is 0 Å². The normalized spacial score (nSPS) is 28.1. The van der Waals surface area contributed by atoms with Crippen LogP contribution in [0.3, 0.4) is 0 Å². The molecule has 4 heteroatoms. The highest BCUT2D eigenvalue weighted by molar-refractivity contribution is 7.84. The number of hydrogen-bond acceptors (Lipinski definition) is 3. The van der Waals surface area contributed by atoms with Crippen molar-refractivity contribution in [2.45, 2.75) is 52.7 Å². The zero-order valence-corrected chi connectivity index (χ0v) is 13.3. The molecule has 0 saturated heterocycles. The van der Waals surface area contributed by atoms with E-state index in [4.69, 9.17) is 4.74 Å². The SMILES string of the molecule is CC(C)COC1CC(NCCCS(C)=O)C1(C)C. The molecule has 3 nitrogen and oxygen atoms in total. The predicted molar refractivity (Wildman–Crippen MR) is 78.3 cm³/mol. The molecule has 1 saturated carbocycles. The van der Waals surface area contributed by atoms with Gasteiger partial charge in [-0.2, -0.15) is 0 Å². The average Bonchev–Trinajstić information content (AvgIpc) is 2.25. The monoisotopic (exact) mass is 275 g/mol. The van der Waals surface area contributed by atoms with Crippen molar-refractivity contribution < 1.29 is 8.95 Å². The van der Waals surface area contributed by atoms with Crippen molar-refractivity contribution in [3.63, 3.8) is 0 Å². The standard InChI is InChI=1S/C14H29NO2S/c1-11(2)10-17-13-9-12(14(13,3)4)15-7-6-8-18(5)16/h11-13,15H,6-10H2,1-5H3. The number of hydrogen-bond donors (Lipinski definition) is 1. The van der Waals surface area contributed by atoms with Gasteiger partial charge in [-0.15, -0.1) is 0 Å². The third-order valence-corrected chi connectivity index (χ3v) is 4.67. The number of nitrogens with one attached hydrogen (secondary N) is 1. The maximum Gasteiger partial charge on any atom is 0.0656 e. The quantitative estimate of drug-likeness (QED) is 0.690. The molecular weight excluding hydrogens is 246 g/mol. The summed E-state index contributed by atoms with van der Waals surface area (Å²) in [4.78, 5) is 0. The highest BCUT2D eigenvalue weighted by Crippen LogP contribution is 2.42. The Kier molecular flexibility index (Phi) is 6.28. The van der Waals surface area contributed by atoms with Crippen LogP contribution in [0.1, 0.15) is 40.5 Å². The summed E-state index contributed by atoms with van der Waals surface area (Å²) in [6, 6.07) is 0.542. The molecule has 0 heterocycles. The molecule has 0 aromatic rings. The molecule has 3 atom stereocenters. The van der Waals surface area contributed by atoms with Gasteiger partial charge >= 0.3 is 0 Å². The fourth-order valence-electron chi connectivity index (χ4n) is 2.37. The van der Waals surface area contributed by atoms with Crippen molar-refractivity contribution >= 4 is 10.8 Å². The fourth-order valence-corrected chi connectivity index (χ4v) is 2.93. The largest absolute Gasteiger partial charge is 0.377 e. The zero-order chi connectivity index (χ0) is 13.8. The first-order valence-corrected chi connectivity index (χ1v) is 8.71. The summed E-state index contributed by atoms with van der Waals surface area (Å²) in [5.41, 5.74) is 0.222. The molecule has 3 unspecified atom stereocenters. The Bertz CT molecular complexity index is 279. The van der Waals surface area contributed by atoms with E-state index in [1.54, 1.807) is 6.26 Å². The first-order chi connectivity index (χ1) is 8.34.